The number of hydrogen-bond donors (Lipinski definition) is 0. The topological polar surface area (TPSA) is 69.0 Å². The number of hydrogen-bond acceptors (Lipinski definition) is 5. The van der Waals surface area contributed by atoms with E-state index in [1.807, 2.05) is 68.1 Å². The van der Waals surface area contributed by atoms with Crippen molar-refractivity contribution in [2.75, 3.05) is 13.1 Å². The summed E-state index contributed by atoms with van der Waals surface area (Å²) < 4.78 is 18.4. The van der Waals surface area contributed by atoms with Crippen molar-refractivity contribution in [2.24, 2.45) is 5.41 Å². The van der Waals surface area contributed by atoms with Gasteiger partial charge in [0.15, 0.2) is 12.4 Å². The number of rotatable bonds is 5. The molecule has 34 heavy (non-hydrogen) atoms. The van der Waals surface area contributed by atoms with Crippen LogP contribution in [0.1, 0.15) is 57.6 Å². The first kappa shape index (κ1) is 24.2. The first-order valence-corrected chi connectivity index (χ1v) is 12.0. The van der Waals surface area contributed by atoms with E-state index >= 15 is 0 Å². The van der Waals surface area contributed by atoms with E-state index in [4.69, 9.17) is 14.2 Å². The molecule has 2 heterocycles. The van der Waals surface area contributed by atoms with E-state index in [1.165, 1.54) is 4.57 Å². The van der Waals surface area contributed by atoms with E-state index in [1.54, 1.807) is 12.4 Å². The molecule has 1 saturated heterocycles. The minimum atomic E-state index is -0.454. The minimum Gasteiger partial charge on any atom is -0.444 e. The van der Waals surface area contributed by atoms with Gasteiger partial charge in [-0.15, -0.1) is 0 Å². The van der Waals surface area contributed by atoms with Crippen molar-refractivity contribution < 1.29 is 28.4 Å². The number of benzene rings is 1. The Labute approximate surface area is 201 Å². The zero-order chi connectivity index (χ0) is 24.2. The summed E-state index contributed by atoms with van der Waals surface area (Å²) in [5.74, 6) is 0. The zero-order valence-corrected chi connectivity index (χ0v) is 20.4. The molecule has 0 radical (unpaired) electrons. The largest absolute Gasteiger partial charge is 0.602 e. The SMILES string of the molecule is CC(C)(C)OC(=O)N1CC2(CCC(OCc3cc[n+](C(=O)OCc4ccccc4)cc3)CC2)C1. The Morgan fingerprint density at radius 2 is 1.59 bits per heavy atom. The maximum absolute atomic E-state index is 12.2. The van der Waals surface area contributed by atoms with Crippen LogP contribution < -0.4 is 4.57 Å². The van der Waals surface area contributed by atoms with Gasteiger partial charge >= 0.3 is 12.2 Å². The van der Waals surface area contributed by atoms with Gasteiger partial charge in [-0.05, 0) is 57.6 Å². The smallest absolute Gasteiger partial charge is 0.444 e. The number of likely N-dealkylation sites (tertiary alicyclic amines) is 1. The second-order valence-corrected chi connectivity index (χ2v) is 10.5. The summed E-state index contributed by atoms with van der Waals surface area (Å²) in [5.41, 5.74) is 1.75. The molecule has 1 spiro atoms. The molecule has 2 fully saturated rings. The van der Waals surface area contributed by atoms with Crippen LogP contribution in [0.3, 0.4) is 0 Å². The molecule has 0 unspecified atom stereocenters. The monoisotopic (exact) mass is 467 g/mol. The maximum atomic E-state index is 12.2. The Bertz CT molecular complexity index is 968. The van der Waals surface area contributed by atoms with Crippen molar-refractivity contribution in [3.05, 3.63) is 66.0 Å². The van der Waals surface area contributed by atoms with Gasteiger partial charge in [0.2, 0.25) is 0 Å². The number of pyridine rings is 1. The van der Waals surface area contributed by atoms with E-state index in [2.05, 4.69) is 0 Å². The molecular formula is C27H35N2O5+. The van der Waals surface area contributed by atoms with E-state index in [-0.39, 0.29) is 24.2 Å². The Balaban J connectivity index is 1.16. The fraction of sp³-hybridized carbons (Fsp3) is 0.519. The first-order chi connectivity index (χ1) is 16.2. The van der Waals surface area contributed by atoms with Crippen LogP contribution in [0.4, 0.5) is 9.59 Å². The Morgan fingerprint density at radius 3 is 2.21 bits per heavy atom. The molecule has 2 aliphatic rings. The van der Waals surface area contributed by atoms with Gasteiger partial charge in [0.05, 0.1) is 12.7 Å². The number of carbonyl (C=O) groups excluding carboxylic acids is 2. The summed E-state index contributed by atoms with van der Waals surface area (Å²) >= 11 is 0. The van der Waals surface area contributed by atoms with Crippen molar-refractivity contribution >= 4 is 12.2 Å². The highest BCUT2D eigenvalue weighted by Crippen LogP contribution is 2.45. The highest BCUT2D eigenvalue weighted by Gasteiger charge is 2.48. The number of nitrogens with zero attached hydrogens (tertiary/aromatic N) is 2. The fourth-order valence-electron chi connectivity index (χ4n) is 4.59. The fourth-order valence-corrected chi connectivity index (χ4v) is 4.59. The molecule has 4 rings (SSSR count). The first-order valence-electron chi connectivity index (χ1n) is 12.0. The van der Waals surface area contributed by atoms with Gasteiger partial charge < -0.3 is 19.1 Å². The van der Waals surface area contributed by atoms with Gasteiger partial charge in [0.25, 0.3) is 0 Å². The van der Waals surface area contributed by atoms with Gasteiger partial charge in [0, 0.05) is 30.6 Å². The van der Waals surface area contributed by atoms with Gasteiger partial charge in [-0.25, -0.2) is 4.79 Å². The lowest BCUT2D eigenvalue weighted by atomic mass is 9.68. The average molecular weight is 468 g/mol. The molecule has 1 aliphatic heterocycles. The summed E-state index contributed by atoms with van der Waals surface area (Å²) in [4.78, 5) is 26.3. The van der Waals surface area contributed by atoms with E-state index in [9.17, 15) is 9.59 Å². The van der Waals surface area contributed by atoms with Gasteiger partial charge in [-0.3, -0.25) is 0 Å². The third-order valence-corrected chi connectivity index (χ3v) is 6.50. The predicted molar refractivity (Wildman–Crippen MR) is 126 cm³/mol. The molecule has 1 aromatic carbocycles. The van der Waals surface area contributed by atoms with Crippen LogP contribution in [0.25, 0.3) is 0 Å². The molecule has 182 valence electrons. The normalized spacial score (nSPS) is 17.8. The molecule has 2 aromatic rings. The van der Waals surface area contributed by atoms with Gasteiger partial charge in [0.1, 0.15) is 12.2 Å². The predicted octanol–water partition coefficient (Wildman–Crippen LogP) is 4.86. The van der Waals surface area contributed by atoms with Crippen molar-refractivity contribution in [1.29, 1.82) is 0 Å². The summed E-state index contributed by atoms with van der Waals surface area (Å²) in [6.45, 7) is 8.02. The standard InChI is InChI=1S/C27H35N2O5/c1-26(2,3)34-25(31)29-19-27(20-29)13-9-23(10-14-27)32-17-22-11-15-28(16-12-22)24(30)33-18-21-7-5-4-6-8-21/h4-8,11-12,15-16,23H,9-10,13-14,17-20H2,1-3H3/q+1. The van der Waals surface area contributed by atoms with Crippen LogP contribution in [0.5, 0.6) is 0 Å². The molecule has 7 heteroatoms. The highest BCUT2D eigenvalue weighted by atomic mass is 16.6. The Morgan fingerprint density at radius 1 is 0.971 bits per heavy atom. The van der Waals surface area contributed by atoms with E-state index < -0.39 is 11.7 Å². The minimum absolute atomic E-state index is 0.207. The Hall–Kier alpha value is -2.93. The van der Waals surface area contributed by atoms with Crippen molar-refractivity contribution in [1.82, 2.24) is 4.90 Å². The van der Waals surface area contributed by atoms with Gasteiger partial charge in [-0.2, -0.15) is 4.79 Å². The summed E-state index contributed by atoms with van der Waals surface area (Å²) in [6.07, 6.45) is 7.17. The van der Waals surface area contributed by atoms with Crippen LogP contribution in [0.15, 0.2) is 54.9 Å². The highest BCUT2D eigenvalue weighted by molar-refractivity contribution is 5.69. The van der Waals surface area contributed by atoms with E-state index in [0.717, 1.165) is 49.9 Å². The lowest BCUT2D eigenvalue weighted by Gasteiger charge is -2.53. The van der Waals surface area contributed by atoms with Crippen LogP contribution >= 0.6 is 0 Å². The second-order valence-electron chi connectivity index (χ2n) is 10.5. The van der Waals surface area contributed by atoms with Crippen LogP contribution in [0, 0.1) is 5.41 Å². The van der Waals surface area contributed by atoms with E-state index in [0.29, 0.717) is 6.61 Å². The lowest BCUT2D eigenvalue weighted by Crippen LogP contribution is -2.60. The Kier molecular flexibility index (Phi) is 7.22. The molecule has 1 aliphatic carbocycles. The lowest BCUT2D eigenvalue weighted by molar-refractivity contribution is -0.586. The molecule has 0 bridgehead atoms. The van der Waals surface area contributed by atoms with Crippen molar-refractivity contribution in [3.63, 3.8) is 0 Å². The number of aromatic nitrogens is 1. The number of ether oxygens (including phenoxy) is 3. The molecular weight excluding hydrogens is 432 g/mol. The molecule has 1 saturated carbocycles. The molecule has 1 aromatic heterocycles. The second kappa shape index (κ2) is 10.1. The third-order valence-electron chi connectivity index (χ3n) is 6.50. The quantitative estimate of drug-likeness (QED) is 0.588. The molecule has 0 atom stereocenters. The number of carbonyl (C=O) groups is 2. The van der Waals surface area contributed by atoms with Crippen LogP contribution in [0.2, 0.25) is 0 Å². The van der Waals surface area contributed by atoms with Gasteiger partial charge in [-0.1, -0.05) is 34.9 Å². The van der Waals surface area contributed by atoms with Crippen molar-refractivity contribution in [2.45, 2.75) is 71.4 Å². The number of amides is 1. The molecule has 0 N–H and O–H groups in total. The zero-order valence-electron chi connectivity index (χ0n) is 20.4. The molecule has 1 amide bonds. The van der Waals surface area contributed by atoms with Crippen LogP contribution in [-0.2, 0) is 27.4 Å². The summed E-state index contributed by atoms with van der Waals surface area (Å²) in [7, 11) is 0. The van der Waals surface area contributed by atoms with Crippen LogP contribution in [-0.4, -0.2) is 41.9 Å². The third kappa shape index (κ3) is 6.35. The average Bonchev–Trinajstić information content (AvgIpc) is 2.80. The summed E-state index contributed by atoms with van der Waals surface area (Å²) in [6, 6.07) is 13.4. The summed E-state index contributed by atoms with van der Waals surface area (Å²) in [5, 5.41) is 0. The molecule has 7 nitrogen and oxygen atoms in total. The maximum Gasteiger partial charge on any atom is 0.602 e. The van der Waals surface area contributed by atoms with Crippen molar-refractivity contribution in [3.8, 4) is 0 Å².